The summed E-state index contributed by atoms with van der Waals surface area (Å²) in [6.45, 7) is 10.4. The molecule has 1 fully saturated rings. The van der Waals surface area contributed by atoms with Gasteiger partial charge in [-0.25, -0.2) is 8.78 Å². The van der Waals surface area contributed by atoms with Crippen molar-refractivity contribution < 1.29 is 18.4 Å². The topological polar surface area (TPSA) is 63.4 Å². The first-order chi connectivity index (χ1) is 8.77. The van der Waals surface area contributed by atoms with E-state index in [9.17, 15) is 18.4 Å². The summed E-state index contributed by atoms with van der Waals surface area (Å²) in [7, 11) is 0. The molecule has 19 heavy (non-hydrogen) atoms. The minimum atomic E-state index is -3.13. The number of carbonyl (C=O) groups excluding carboxylic acids is 2. The number of hydrogen-bond donors (Lipinski definition) is 1. The van der Waals surface area contributed by atoms with Gasteiger partial charge in [0.25, 0.3) is 5.92 Å². The van der Waals surface area contributed by atoms with Gasteiger partial charge in [0, 0.05) is 13.0 Å². The molecule has 1 amide bonds. The zero-order valence-corrected chi connectivity index (χ0v) is 12.7. The Morgan fingerprint density at radius 1 is 1.26 bits per heavy atom. The lowest BCUT2D eigenvalue weighted by Crippen LogP contribution is -2.51. The molecule has 2 N–H and O–H groups in total. The number of hydrogen-bond acceptors (Lipinski definition) is 3. The Labute approximate surface area is 114 Å². The molecule has 0 saturated carbocycles. The van der Waals surface area contributed by atoms with E-state index in [2.05, 4.69) is 0 Å². The Balaban J connectivity index is 0. The molecule has 1 saturated heterocycles. The lowest BCUT2D eigenvalue weighted by molar-refractivity contribution is -0.145. The van der Waals surface area contributed by atoms with E-state index in [1.165, 1.54) is 6.92 Å². The Bertz CT molecular complexity index is 294. The average Bonchev–Trinajstić information content (AvgIpc) is 2.69. The smallest absolute Gasteiger partial charge is 0.276 e. The summed E-state index contributed by atoms with van der Waals surface area (Å²) in [5, 5.41) is 0. The third-order valence-corrected chi connectivity index (χ3v) is 2.46. The van der Waals surface area contributed by atoms with Crippen LogP contribution >= 0.6 is 0 Å². The number of likely N-dealkylation sites (tertiary alicyclic amines) is 1. The van der Waals surface area contributed by atoms with Crippen molar-refractivity contribution in [3.8, 4) is 0 Å². The summed E-state index contributed by atoms with van der Waals surface area (Å²) in [5.41, 5.74) is 5.32. The summed E-state index contributed by atoms with van der Waals surface area (Å²) in [4.78, 5) is 23.4. The molecule has 1 rings (SSSR count). The van der Waals surface area contributed by atoms with Crippen molar-refractivity contribution in [1.29, 1.82) is 0 Å². The van der Waals surface area contributed by atoms with Gasteiger partial charge in [-0.2, -0.15) is 0 Å². The number of carbonyl (C=O) groups is 2. The van der Waals surface area contributed by atoms with Gasteiger partial charge in [0.05, 0.1) is 6.04 Å². The van der Waals surface area contributed by atoms with Crippen molar-refractivity contribution in [2.75, 3.05) is 6.54 Å². The minimum absolute atomic E-state index is 0.113. The third kappa shape index (κ3) is 5.22. The average molecular weight is 280 g/mol. The van der Waals surface area contributed by atoms with Crippen LogP contribution in [0.25, 0.3) is 0 Å². The number of halogens is 2. The highest BCUT2D eigenvalue weighted by Crippen LogP contribution is 2.34. The predicted molar refractivity (Wildman–Crippen MR) is 72.1 cm³/mol. The number of alkyl halides is 2. The molecule has 1 aliphatic heterocycles. The maximum atomic E-state index is 13.3. The van der Waals surface area contributed by atoms with E-state index in [1.54, 1.807) is 0 Å². The molecule has 0 aromatic rings. The first-order valence-corrected chi connectivity index (χ1v) is 6.71. The van der Waals surface area contributed by atoms with Gasteiger partial charge in [-0.3, -0.25) is 9.59 Å². The molecule has 114 valence electrons. The number of nitrogens with zero attached hydrogens (tertiary/aromatic N) is 1. The molecule has 6 heteroatoms. The van der Waals surface area contributed by atoms with Crippen LogP contribution in [0.1, 0.15) is 48.0 Å². The van der Waals surface area contributed by atoms with E-state index >= 15 is 0 Å². The molecular weight excluding hydrogens is 254 g/mol. The van der Waals surface area contributed by atoms with Gasteiger partial charge >= 0.3 is 0 Å². The van der Waals surface area contributed by atoms with Crippen LogP contribution in [-0.4, -0.2) is 41.1 Å². The summed E-state index contributed by atoms with van der Waals surface area (Å²) in [6, 6.07) is -2.50. The van der Waals surface area contributed by atoms with Gasteiger partial charge in [-0.15, -0.1) is 0 Å². The Hall–Kier alpha value is -1.04. The van der Waals surface area contributed by atoms with Crippen LogP contribution in [0.15, 0.2) is 0 Å². The SMILES string of the molecule is CC.CC.CC(=O)C1N(C(=O)C(C)N)CCC1(F)F. The second-order valence-corrected chi connectivity index (χ2v) is 3.84. The Morgan fingerprint density at radius 2 is 1.68 bits per heavy atom. The molecule has 0 spiro atoms. The zero-order chi connectivity index (χ0) is 15.8. The molecule has 1 heterocycles. The van der Waals surface area contributed by atoms with Gasteiger partial charge in [-0.1, -0.05) is 27.7 Å². The van der Waals surface area contributed by atoms with Crippen LogP contribution < -0.4 is 5.73 Å². The molecule has 4 nitrogen and oxygen atoms in total. The van der Waals surface area contributed by atoms with Crippen LogP contribution in [0.3, 0.4) is 0 Å². The lowest BCUT2D eigenvalue weighted by atomic mass is 10.1. The maximum Gasteiger partial charge on any atom is 0.276 e. The first kappa shape index (κ1) is 20.3. The number of rotatable bonds is 2. The fourth-order valence-electron chi connectivity index (χ4n) is 1.78. The van der Waals surface area contributed by atoms with Gasteiger partial charge in [0.1, 0.15) is 0 Å². The van der Waals surface area contributed by atoms with E-state index in [0.29, 0.717) is 0 Å². The molecule has 2 unspecified atom stereocenters. The quantitative estimate of drug-likeness (QED) is 0.843. The second-order valence-electron chi connectivity index (χ2n) is 3.84. The Morgan fingerprint density at radius 3 is 2.00 bits per heavy atom. The van der Waals surface area contributed by atoms with Crippen LogP contribution in [0.5, 0.6) is 0 Å². The molecule has 0 aliphatic carbocycles. The van der Waals surface area contributed by atoms with Crippen molar-refractivity contribution in [2.24, 2.45) is 5.73 Å². The first-order valence-electron chi connectivity index (χ1n) is 6.71. The fourth-order valence-corrected chi connectivity index (χ4v) is 1.78. The van der Waals surface area contributed by atoms with Crippen LogP contribution in [0, 0.1) is 0 Å². The normalized spacial score (nSPS) is 21.5. The largest absolute Gasteiger partial charge is 0.325 e. The minimum Gasteiger partial charge on any atom is -0.325 e. The van der Waals surface area contributed by atoms with Crippen LogP contribution in [-0.2, 0) is 9.59 Å². The predicted octanol–water partition coefficient (Wildman–Crippen LogP) is 2.21. The summed E-state index contributed by atoms with van der Waals surface area (Å²) in [5.74, 6) is -4.44. The van der Waals surface area contributed by atoms with Crippen LogP contribution in [0.4, 0.5) is 8.78 Å². The van der Waals surface area contributed by atoms with Gasteiger partial charge in [0.2, 0.25) is 5.91 Å². The van der Waals surface area contributed by atoms with Crippen molar-refractivity contribution in [2.45, 2.75) is 66.0 Å². The lowest BCUT2D eigenvalue weighted by Gasteiger charge is -2.26. The Kier molecular flexibility index (Phi) is 9.56. The van der Waals surface area contributed by atoms with Crippen molar-refractivity contribution in [3.05, 3.63) is 0 Å². The molecule has 0 aromatic heterocycles. The highest BCUT2D eigenvalue weighted by atomic mass is 19.3. The van der Waals surface area contributed by atoms with Gasteiger partial charge < -0.3 is 10.6 Å². The van der Waals surface area contributed by atoms with Crippen LogP contribution in [0.2, 0.25) is 0 Å². The van der Waals surface area contributed by atoms with E-state index < -0.39 is 36.1 Å². The number of ketones is 1. The second kappa shape index (κ2) is 8.96. The fraction of sp³-hybridized carbons (Fsp3) is 0.846. The highest BCUT2D eigenvalue weighted by Gasteiger charge is 2.53. The van der Waals surface area contributed by atoms with Crippen molar-refractivity contribution in [3.63, 3.8) is 0 Å². The summed E-state index contributed by atoms with van der Waals surface area (Å²) >= 11 is 0. The van der Waals surface area contributed by atoms with E-state index in [-0.39, 0.29) is 6.54 Å². The maximum absolute atomic E-state index is 13.3. The highest BCUT2D eigenvalue weighted by molar-refractivity contribution is 5.90. The molecule has 2 atom stereocenters. The molecule has 1 aliphatic rings. The van der Waals surface area contributed by atoms with Gasteiger partial charge in [-0.05, 0) is 13.8 Å². The number of Topliss-reactive ketones (excluding diaryl/α,β-unsaturated/α-hetero) is 1. The number of nitrogens with two attached hydrogens (primary N) is 1. The third-order valence-electron chi connectivity index (χ3n) is 2.46. The van der Waals surface area contributed by atoms with Crippen molar-refractivity contribution in [1.82, 2.24) is 4.90 Å². The molecule has 0 bridgehead atoms. The summed E-state index contributed by atoms with van der Waals surface area (Å²) in [6.07, 6.45) is -0.476. The molecule has 0 radical (unpaired) electrons. The summed E-state index contributed by atoms with van der Waals surface area (Å²) < 4.78 is 26.6. The van der Waals surface area contributed by atoms with E-state index in [4.69, 9.17) is 5.73 Å². The van der Waals surface area contributed by atoms with E-state index in [0.717, 1.165) is 11.8 Å². The molecule has 0 aromatic carbocycles. The standard InChI is InChI=1S/C9H14F2N2O2.2C2H6/c1-5(12)8(15)13-4-3-9(10,11)7(13)6(2)14;2*1-2/h5,7H,3-4,12H2,1-2H3;2*1-2H3. The zero-order valence-electron chi connectivity index (χ0n) is 12.7. The van der Waals surface area contributed by atoms with E-state index in [1.807, 2.05) is 27.7 Å². The monoisotopic (exact) mass is 280 g/mol. The van der Waals surface area contributed by atoms with Gasteiger partial charge in [0.15, 0.2) is 11.8 Å². The van der Waals surface area contributed by atoms with Crippen molar-refractivity contribution >= 4 is 11.7 Å². The molecular formula is C13H26F2N2O2. The number of amides is 1.